The third-order valence-electron chi connectivity index (χ3n) is 3.69. The van der Waals surface area contributed by atoms with Crippen LogP contribution in [-0.4, -0.2) is 34.1 Å². The normalized spacial score (nSPS) is 13.4. The number of hydrogen-bond donors (Lipinski definition) is 1. The van der Waals surface area contributed by atoms with Gasteiger partial charge >= 0.3 is 0 Å². The molecule has 1 aromatic heterocycles. The molecule has 98 valence electrons. The van der Waals surface area contributed by atoms with Crippen LogP contribution < -0.4 is 5.73 Å². The fourth-order valence-electron chi connectivity index (χ4n) is 2.09. The Morgan fingerprint density at radius 1 is 1.44 bits per heavy atom. The number of nitrogens with zero attached hydrogens (tertiary/aromatic N) is 3. The van der Waals surface area contributed by atoms with Crippen molar-refractivity contribution in [3.8, 4) is 0 Å². The van der Waals surface area contributed by atoms with Gasteiger partial charge in [0.25, 0.3) is 0 Å². The van der Waals surface area contributed by atoms with Crippen LogP contribution in [0.3, 0.4) is 0 Å². The Kier molecular flexibility index (Phi) is 3.68. The van der Waals surface area contributed by atoms with Crippen LogP contribution in [0.4, 0.5) is 0 Å². The number of aryl methyl sites for hydroxylation is 2. The summed E-state index contributed by atoms with van der Waals surface area (Å²) in [5.41, 5.74) is 9.22. The second kappa shape index (κ2) is 5.08. The minimum atomic E-state index is 0.395. The molecule has 2 N–H and O–H groups in total. The quantitative estimate of drug-likeness (QED) is 0.892. The smallest absolute Gasteiger partial charge is 0.106 e. The van der Waals surface area contributed by atoms with E-state index in [1.807, 2.05) is 14.0 Å². The van der Waals surface area contributed by atoms with Gasteiger partial charge < -0.3 is 10.3 Å². The van der Waals surface area contributed by atoms with Gasteiger partial charge in [-0.3, -0.25) is 4.90 Å². The number of fused-ring (bicyclic) bond motifs is 1. The lowest BCUT2D eigenvalue weighted by molar-refractivity contribution is 0.255. The molecule has 0 radical (unpaired) electrons. The van der Waals surface area contributed by atoms with Gasteiger partial charge in [-0.15, -0.1) is 0 Å². The summed E-state index contributed by atoms with van der Waals surface area (Å²) in [5, 5.41) is 0. The molecule has 4 nitrogen and oxygen atoms in total. The summed E-state index contributed by atoms with van der Waals surface area (Å²) in [6, 6.07) is 6.88. The SMILES string of the molecule is Cc1nc2cc(CN(C)C(C)CN)ccc2n1C. The molecule has 0 saturated heterocycles. The van der Waals surface area contributed by atoms with Gasteiger partial charge in [-0.25, -0.2) is 4.98 Å². The number of aromatic nitrogens is 2. The summed E-state index contributed by atoms with van der Waals surface area (Å²) in [4.78, 5) is 6.83. The van der Waals surface area contributed by atoms with Crippen LogP contribution in [0.2, 0.25) is 0 Å². The Morgan fingerprint density at radius 3 is 2.83 bits per heavy atom. The maximum atomic E-state index is 5.68. The van der Waals surface area contributed by atoms with Crippen molar-refractivity contribution < 1.29 is 0 Å². The highest BCUT2D eigenvalue weighted by molar-refractivity contribution is 5.76. The lowest BCUT2D eigenvalue weighted by Crippen LogP contribution is -2.34. The molecule has 1 atom stereocenters. The summed E-state index contributed by atoms with van der Waals surface area (Å²) in [5.74, 6) is 1.05. The summed E-state index contributed by atoms with van der Waals surface area (Å²) in [6.45, 7) is 5.76. The third-order valence-corrected chi connectivity index (χ3v) is 3.69. The van der Waals surface area contributed by atoms with Crippen molar-refractivity contribution in [2.75, 3.05) is 13.6 Å². The molecule has 0 saturated carbocycles. The zero-order valence-corrected chi connectivity index (χ0v) is 11.6. The van der Waals surface area contributed by atoms with Crippen molar-refractivity contribution in [1.29, 1.82) is 0 Å². The average molecular weight is 246 g/mol. The van der Waals surface area contributed by atoms with Crippen LogP contribution in [0.5, 0.6) is 0 Å². The molecule has 1 aromatic carbocycles. The van der Waals surface area contributed by atoms with Crippen molar-refractivity contribution in [2.24, 2.45) is 12.8 Å². The van der Waals surface area contributed by atoms with Gasteiger partial charge in [0.05, 0.1) is 11.0 Å². The Labute approximate surface area is 108 Å². The molecule has 0 fully saturated rings. The van der Waals surface area contributed by atoms with Gasteiger partial charge in [-0.2, -0.15) is 0 Å². The molecular weight excluding hydrogens is 224 g/mol. The molecule has 1 heterocycles. The number of imidazole rings is 1. The van der Waals surface area contributed by atoms with E-state index in [4.69, 9.17) is 5.73 Å². The number of nitrogens with two attached hydrogens (primary N) is 1. The fourth-order valence-corrected chi connectivity index (χ4v) is 2.09. The number of benzene rings is 1. The van der Waals surface area contributed by atoms with Gasteiger partial charge in [0.15, 0.2) is 0 Å². The summed E-state index contributed by atoms with van der Waals surface area (Å²) < 4.78 is 2.12. The standard InChI is InChI=1S/C14H22N4/c1-10(8-15)17(3)9-12-5-6-14-13(7-12)16-11(2)18(14)4/h5-7,10H,8-9,15H2,1-4H3. The predicted octanol–water partition coefficient (Wildman–Crippen LogP) is 1.66. The highest BCUT2D eigenvalue weighted by atomic mass is 15.1. The molecule has 0 aliphatic carbocycles. The highest BCUT2D eigenvalue weighted by Crippen LogP contribution is 2.17. The highest BCUT2D eigenvalue weighted by Gasteiger charge is 2.09. The third kappa shape index (κ3) is 2.40. The Morgan fingerprint density at radius 2 is 2.17 bits per heavy atom. The van der Waals surface area contributed by atoms with Gasteiger partial charge in [-0.05, 0) is 38.6 Å². The lowest BCUT2D eigenvalue weighted by atomic mass is 10.1. The maximum Gasteiger partial charge on any atom is 0.106 e. The largest absolute Gasteiger partial charge is 0.331 e. The molecule has 4 heteroatoms. The average Bonchev–Trinajstić information content (AvgIpc) is 2.63. The number of likely N-dealkylation sites (N-methyl/N-ethyl adjacent to an activating group) is 1. The molecule has 0 aliphatic heterocycles. The van der Waals surface area contributed by atoms with E-state index in [-0.39, 0.29) is 0 Å². The maximum absolute atomic E-state index is 5.68. The van der Waals surface area contributed by atoms with Crippen LogP contribution in [0.1, 0.15) is 18.3 Å². The Hall–Kier alpha value is -1.39. The zero-order chi connectivity index (χ0) is 13.3. The van der Waals surface area contributed by atoms with Crippen molar-refractivity contribution >= 4 is 11.0 Å². The van der Waals surface area contributed by atoms with E-state index in [1.165, 1.54) is 11.1 Å². The lowest BCUT2D eigenvalue weighted by Gasteiger charge is -2.23. The first-order chi connectivity index (χ1) is 8.52. The molecule has 0 aliphatic rings. The molecular formula is C14H22N4. The van der Waals surface area contributed by atoms with Crippen LogP contribution in [0, 0.1) is 6.92 Å². The van der Waals surface area contributed by atoms with Gasteiger partial charge in [0.1, 0.15) is 5.82 Å². The molecule has 0 amide bonds. The zero-order valence-electron chi connectivity index (χ0n) is 11.6. The van der Waals surface area contributed by atoms with Crippen LogP contribution in [0.25, 0.3) is 11.0 Å². The van der Waals surface area contributed by atoms with Crippen molar-refractivity contribution in [3.63, 3.8) is 0 Å². The number of hydrogen-bond acceptors (Lipinski definition) is 3. The van der Waals surface area contributed by atoms with E-state index in [0.717, 1.165) is 17.9 Å². The van der Waals surface area contributed by atoms with Crippen molar-refractivity contribution in [1.82, 2.24) is 14.5 Å². The van der Waals surface area contributed by atoms with Crippen molar-refractivity contribution in [3.05, 3.63) is 29.6 Å². The van der Waals surface area contributed by atoms with E-state index in [1.54, 1.807) is 0 Å². The molecule has 18 heavy (non-hydrogen) atoms. The monoisotopic (exact) mass is 246 g/mol. The van der Waals surface area contributed by atoms with E-state index < -0.39 is 0 Å². The van der Waals surface area contributed by atoms with Crippen LogP contribution >= 0.6 is 0 Å². The first-order valence-electron chi connectivity index (χ1n) is 6.35. The molecule has 2 aromatic rings. The Bertz CT molecular complexity index is 544. The minimum absolute atomic E-state index is 0.395. The van der Waals surface area contributed by atoms with E-state index in [2.05, 4.69) is 46.6 Å². The van der Waals surface area contributed by atoms with Crippen LogP contribution in [-0.2, 0) is 13.6 Å². The Balaban J connectivity index is 2.25. The number of rotatable bonds is 4. The summed E-state index contributed by atoms with van der Waals surface area (Å²) in [6.07, 6.45) is 0. The summed E-state index contributed by atoms with van der Waals surface area (Å²) in [7, 11) is 4.15. The topological polar surface area (TPSA) is 47.1 Å². The molecule has 0 spiro atoms. The summed E-state index contributed by atoms with van der Waals surface area (Å²) >= 11 is 0. The van der Waals surface area contributed by atoms with E-state index in [0.29, 0.717) is 12.6 Å². The molecule has 1 unspecified atom stereocenters. The van der Waals surface area contributed by atoms with Crippen LogP contribution in [0.15, 0.2) is 18.2 Å². The van der Waals surface area contributed by atoms with E-state index >= 15 is 0 Å². The van der Waals surface area contributed by atoms with Gasteiger partial charge in [0.2, 0.25) is 0 Å². The van der Waals surface area contributed by atoms with Gasteiger partial charge in [0, 0.05) is 26.2 Å². The van der Waals surface area contributed by atoms with Crippen molar-refractivity contribution in [2.45, 2.75) is 26.4 Å². The minimum Gasteiger partial charge on any atom is -0.331 e. The first-order valence-corrected chi connectivity index (χ1v) is 6.35. The molecule has 2 rings (SSSR count). The first kappa shape index (κ1) is 13.1. The van der Waals surface area contributed by atoms with Gasteiger partial charge in [-0.1, -0.05) is 6.07 Å². The second-order valence-electron chi connectivity index (χ2n) is 5.04. The predicted molar refractivity (Wildman–Crippen MR) is 75.4 cm³/mol. The van der Waals surface area contributed by atoms with E-state index in [9.17, 15) is 0 Å². The second-order valence-corrected chi connectivity index (χ2v) is 5.04. The molecule has 0 bridgehead atoms. The fraction of sp³-hybridized carbons (Fsp3) is 0.500.